The van der Waals surface area contributed by atoms with Crippen molar-refractivity contribution in [2.24, 2.45) is 0 Å². The monoisotopic (exact) mass is 1420 g/mol. The van der Waals surface area contributed by atoms with Gasteiger partial charge in [0, 0.05) is 107 Å². The molecule has 442 valence electrons. The van der Waals surface area contributed by atoms with Crippen molar-refractivity contribution in [1.82, 2.24) is 29.9 Å². The smallest absolute Gasteiger partial charge is 0.265 e. The number of ether oxygens (including phenoxy) is 2. The van der Waals surface area contributed by atoms with Gasteiger partial charge in [-0.3, -0.25) is 28.4 Å². The number of nitriles is 3. The fourth-order valence-corrected chi connectivity index (χ4v) is 14.6. The largest absolute Gasteiger partial charge is 0.481 e. The number of fused-ring (bicyclic) bond motifs is 6. The van der Waals surface area contributed by atoms with Crippen LogP contribution in [0.25, 0.3) is 32.3 Å². The molecule has 3 aliphatic rings. The summed E-state index contributed by atoms with van der Waals surface area (Å²) in [5, 5.41) is 32.5. The van der Waals surface area contributed by atoms with Gasteiger partial charge >= 0.3 is 0 Å². The molecule has 0 aliphatic carbocycles. The Hall–Kier alpha value is -7.43. The maximum atomic E-state index is 13.5. The average molecular weight is 1430 g/mol. The number of nitrogens with zero attached hydrogens (tertiary/aromatic N) is 10. The second-order valence-corrected chi connectivity index (χ2v) is 40.8. The van der Waals surface area contributed by atoms with Gasteiger partial charge in [0.25, 0.3) is 34.7 Å². The highest BCUT2D eigenvalue weighted by Crippen LogP contribution is 2.40. The summed E-state index contributed by atoms with van der Waals surface area (Å²) >= 11 is 21.0. The van der Waals surface area contributed by atoms with Crippen molar-refractivity contribution in [3.8, 4) is 30.0 Å². The van der Waals surface area contributed by atoms with Crippen molar-refractivity contribution in [3.05, 3.63) is 169 Å². The van der Waals surface area contributed by atoms with Gasteiger partial charge in [-0.2, -0.15) is 15.8 Å². The molecule has 0 amide bonds. The first kappa shape index (κ1) is 64.6. The molecule has 3 aromatic carbocycles. The molecule has 0 radical (unpaired) electrons. The number of anilines is 3. The van der Waals surface area contributed by atoms with Crippen LogP contribution in [-0.2, 0) is 48.4 Å². The van der Waals surface area contributed by atoms with Crippen molar-refractivity contribution in [2.75, 3.05) is 47.8 Å². The quantitative estimate of drug-likeness (QED) is 0.0648. The maximum Gasteiger partial charge on any atom is 0.265 e. The minimum atomic E-state index is -4.00. The number of aromatic nitrogens is 6. The molecule has 0 saturated heterocycles. The third-order valence-electron chi connectivity index (χ3n) is 12.8. The lowest BCUT2D eigenvalue weighted by Crippen LogP contribution is -2.29. The Bertz CT molecular complexity index is 4710. The van der Waals surface area contributed by atoms with Crippen LogP contribution in [0.15, 0.2) is 129 Å². The number of nitrogens with one attached hydrogen (secondary N) is 2. The zero-order chi connectivity index (χ0) is 62.5. The Kier molecular flexibility index (Phi) is 20.0. The van der Waals surface area contributed by atoms with Gasteiger partial charge in [-0.15, -0.1) is 21.8 Å². The normalized spacial score (nSPS) is 13.1. The highest BCUT2D eigenvalue weighted by Gasteiger charge is 2.36. The SMILES string of the molecule is COc1ncc(Cl)c2c(S(=O)(=O)Cl)cccc12.COc1ncc(Cl)c2c(S(=O)(=O)N3CCc4ncc(C#N)cc43)cccc12.C[Si](C)(C)I.N#Cc1cnc2c(c1)N(S(=O)(=O)c1cccc3c(=O)[nH]cc(Cl)c13)CC2.N#Cc1cnc2c(c1)NCC2. The van der Waals surface area contributed by atoms with Gasteiger partial charge in [-0.1, -0.05) is 72.6 Å². The highest BCUT2D eigenvalue weighted by atomic mass is 127. The van der Waals surface area contributed by atoms with Crippen molar-refractivity contribution < 1.29 is 34.7 Å². The lowest BCUT2D eigenvalue weighted by molar-refractivity contribution is 0.403. The lowest BCUT2D eigenvalue weighted by Gasteiger charge is -2.21. The number of hydrogen-bond acceptors (Lipinski definition) is 18. The number of methoxy groups -OCH3 is 2. The summed E-state index contributed by atoms with van der Waals surface area (Å²) in [5.41, 5.74) is 4.28. The number of benzene rings is 3. The van der Waals surface area contributed by atoms with Crippen LogP contribution in [0.2, 0.25) is 34.7 Å². The van der Waals surface area contributed by atoms with E-state index in [1.807, 2.05) is 18.2 Å². The molecule has 9 aromatic rings. The van der Waals surface area contributed by atoms with E-state index >= 15 is 0 Å². The van der Waals surface area contributed by atoms with Crippen LogP contribution in [0, 0.1) is 34.0 Å². The summed E-state index contributed by atoms with van der Waals surface area (Å²) in [7, 11) is -3.54. The van der Waals surface area contributed by atoms with Crippen LogP contribution in [0.3, 0.4) is 0 Å². The zero-order valence-electron chi connectivity index (χ0n) is 45.9. The van der Waals surface area contributed by atoms with Crippen molar-refractivity contribution in [2.45, 2.75) is 53.6 Å². The van der Waals surface area contributed by atoms with Gasteiger partial charge in [0.1, 0.15) is 23.8 Å². The molecule has 0 saturated carbocycles. The molecule has 86 heavy (non-hydrogen) atoms. The van der Waals surface area contributed by atoms with Gasteiger partial charge in [0.15, 0.2) is 0 Å². The van der Waals surface area contributed by atoms with E-state index in [-0.39, 0.29) is 59.2 Å². The maximum absolute atomic E-state index is 13.5. The number of H-pyrrole nitrogens is 1. The minimum Gasteiger partial charge on any atom is -0.481 e. The predicted molar refractivity (Wildman–Crippen MR) is 342 cm³/mol. The second-order valence-electron chi connectivity index (χ2n) is 19.5. The first-order valence-electron chi connectivity index (χ1n) is 25.4. The van der Waals surface area contributed by atoms with Gasteiger partial charge in [0.05, 0.1) is 107 Å². The van der Waals surface area contributed by atoms with Crippen molar-refractivity contribution in [3.63, 3.8) is 0 Å². The summed E-state index contributed by atoms with van der Waals surface area (Å²) in [6.45, 7) is 8.33. The topological polar surface area (TPSA) is 308 Å². The molecular weight excluding hydrogens is 1380 g/mol. The first-order valence-corrected chi connectivity index (χ1v) is 38.3. The standard InChI is InChI=1S/C18H13ClN4O3S.C17H11ClN4O3S.C10H7Cl2NO3S.C8H7N3.C3H9ISi/c1-26-18-12-3-2-4-16(17(12)13(19)10-22-18)27(24,25)23-6-5-14-15(23)7-11(8-20)9-21-14;18-12-9-21-17(23)11-2-1-3-15(16(11)12)26(24,25)22-5-4-13-14(22)6-10(7-19)8-20-13;1-16-10-6-3-2-4-8(17(12,14)15)9(6)7(11)5-13-10;9-4-6-3-8-7(11-5-6)1-2-10-8;1-5(2,3)4/h2-4,7,9-10H,5-6H2,1H3;1-3,6,8-9H,4-5H2,(H,21,23);2-5H,1H3;3,5,10H,1-2H2;1-3H3. The molecule has 0 bridgehead atoms. The Balaban J connectivity index is 0.000000151. The summed E-state index contributed by atoms with van der Waals surface area (Å²) < 4.78 is 89.2. The van der Waals surface area contributed by atoms with Gasteiger partial charge in [-0.25, -0.2) is 35.2 Å². The molecular formula is C56H47Cl4IN12O9S3Si. The lowest BCUT2D eigenvalue weighted by atomic mass is 10.2. The summed E-state index contributed by atoms with van der Waals surface area (Å²) in [4.78, 5) is 35.1. The summed E-state index contributed by atoms with van der Waals surface area (Å²) in [5.74, 6) is 0.591. The molecule has 0 fully saturated rings. The van der Waals surface area contributed by atoms with Crippen molar-refractivity contribution in [1.29, 1.82) is 15.8 Å². The molecule has 21 nitrogen and oxygen atoms in total. The van der Waals surface area contributed by atoms with Crippen LogP contribution >= 0.6 is 67.3 Å². The Labute approximate surface area is 527 Å². The molecule has 0 unspecified atom stereocenters. The van der Waals surface area contributed by atoms with Crippen molar-refractivity contribution >= 4 is 151 Å². The average Bonchev–Trinajstić information content (AvgIpc) is 1.53. The predicted octanol–water partition coefficient (Wildman–Crippen LogP) is 11.1. The molecule has 9 heterocycles. The van der Waals surface area contributed by atoms with Gasteiger partial charge < -0.3 is 19.8 Å². The van der Waals surface area contributed by atoms with E-state index in [1.54, 1.807) is 36.5 Å². The van der Waals surface area contributed by atoms with E-state index in [4.69, 9.17) is 70.7 Å². The van der Waals surface area contributed by atoms with E-state index in [9.17, 15) is 30.0 Å². The molecule has 3 aliphatic heterocycles. The third kappa shape index (κ3) is 14.0. The number of rotatable bonds is 7. The van der Waals surface area contributed by atoms with Crippen LogP contribution in [-0.4, -0.2) is 94.6 Å². The van der Waals surface area contributed by atoms with E-state index in [0.29, 0.717) is 80.0 Å². The van der Waals surface area contributed by atoms with E-state index in [1.165, 1.54) is 90.2 Å². The minimum absolute atomic E-state index is 0.0534. The van der Waals surface area contributed by atoms with E-state index in [0.717, 1.165) is 24.3 Å². The summed E-state index contributed by atoms with van der Waals surface area (Å²) in [6.07, 6.45) is 10.3. The van der Waals surface area contributed by atoms with Crippen LogP contribution in [0.4, 0.5) is 17.1 Å². The Morgan fingerprint density at radius 1 is 0.581 bits per heavy atom. The fraction of sp³-hybridized carbons (Fsp3) is 0.196. The van der Waals surface area contributed by atoms with Gasteiger partial charge in [-0.05, 0) is 54.6 Å². The number of aromatic amines is 1. The number of hydrogen-bond donors (Lipinski definition) is 2. The highest BCUT2D eigenvalue weighted by molar-refractivity contribution is 14.1. The summed E-state index contributed by atoms with van der Waals surface area (Å²) in [6, 6.07) is 24.8. The fourth-order valence-electron chi connectivity index (χ4n) is 9.13. The molecule has 30 heteroatoms. The van der Waals surface area contributed by atoms with Crippen LogP contribution in [0.5, 0.6) is 11.8 Å². The second kappa shape index (κ2) is 26.7. The van der Waals surface area contributed by atoms with Crippen LogP contribution in [0.1, 0.15) is 33.8 Å². The molecule has 12 rings (SSSR count). The third-order valence-corrected chi connectivity index (χ3v) is 18.7. The molecule has 0 atom stereocenters. The van der Waals surface area contributed by atoms with Gasteiger partial charge in [0.2, 0.25) is 11.8 Å². The van der Waals surface area contributed by atoms with E-state index in [2.05, 4.69) is 82.7 Å². The van der Waals surface area contributed by atoms with E-state index < -0.39 is 40.2 Å². The molecule has 0 spiro atoms. The molecule has 2 N–H and O–H groups in total. The molecule has 6 aromatic heterocycles. The zero-order valence-corrected chi connectivity index (χ0v) is 54.5. The number of sulfonamides is 2. The van der Waals surface area contributed by atoms with Crippen LogP contribution < -0.4 is 29.0 Å². The Morgan fingerprint density at radius 3 is 1.43 bits per heavy atom. The Morgan fingerprint density at radius 2 is 0.988 bits per heavy atom. The first-order chi connectivity index (χ1) is 40.7. The number of pyridine rings is 6. The number of halogens is 5.